The molecule has 9 heteroatoms. The molecule has 0 aromatic heterocycles. The Balaban J connectivity index is 1.75. The molecule has 4 rings (SSSR count). The molecular weight excluding hydrogens is 488 g/mol. The van der Waals surface area contributed by atoms with Gasteiger partial charge in [0.25, 0.3) is 5.91 Å². The lowest BCUT2D eigenvalue weighted by atomic mass is 9.93. The molecule has 2 aromatic carbocycles. The lowest BCUT2D eigenvalue weighted by Crippen LogP contribution is -3.14. The summed E-state index contributed by atoms with van der Waals surface area (Å²) in [4.78, 5) is 29.6. The van der Waals surface area contributed by atoms with Crippen LogP contribution in [-0.4, -0.2) is 76.8 Å². The first-order chi connectivity index (χ1) is 18.4. The Kier molecular flexibility index (Phi) is 8.91. The third-order valence-electron chi connectivity index (χ3n) is 7.14. The van der Waals surface area contributed by atoms with E-state index in [-0.39, 0.29) is 5.57 Å². The van der Waals surface area contributed by atoms with E-state index in [2.05, 4.69) is 0 Å². The minimum Gasteiger partial charge on any atom is -0.872 e. The molecule has 0 radical (unpaired) electrons. The van der Waals surface area contributed by atoms with Crippen LogP contribution in [0.2, 0.25) is 0 Å². The van der Waals surface area contributed by atoms with Crippen molar-refractivity contribution in [2.75, 3.05) is 60.2 Å². The number of hydrogen-bond acceptors (Lipinski definition) is 7. The van der Waals surface area contributed by atoms with Gasteiger partial charge in [0.1, 0.15) is 18.8 Å². The van der Waals surface area contributed by atoms with Crippen LogP contribution in [-0.2, 0) is 14.3 Å². The molecule has 2 aliphatic heterocycles. The quantitative estimate of drug-likeness (QED) is 0.280. The van der Waals surface area contributed by atoms with Crippen LogP contribution in [0.3, 0.4) is 0 Å². The van der Waals surface area contributed by atoms with E-state index in [4.69, 9.17) is 18.9 Å². The SMILES string of the molecule is CCOc1ccc(C2/C(=C(\[O-])c3ccc(OC)cc3C)C(=O)C(=O)N2CCC[NH+]2CCOCC2)cc1OC. The molecule has 1 unspecified atom stereocenters. The molecule has 2 heterocycles. The van der Waals surface area contributed by atoms with Gasteiger partial charge in [0, 0.05) is 18.5 Å². The summed E-state index contributed by atoms with van der Waals surface area (Å²) >= 11 is 0. The van der Waals surface area contributed by atoms with Gasteiger partial charge in [-0.3, -0.25) is 9.59 Å². The Morgan fingerprint density at radius 3 is 2.50 bits per heavy atom. The summed E-state index contributed by atoms with van der Waals surface area (Å²) in [5, 5.41) is 13.8. The van der Waals surface area contributed by atoms with Gasteiger partial charge in [-0.2, -0.15) is 0 Å². The highest BCUT2D eigenvalue weighted by Gasteiger charge is 2.44. The average Bonchev–Trinajstić information content (AvgIpc) is 3.18. The molecule has 2 fully saturated rings. The summed E-state index contributed by atoms with van der Waals surface area (Å²) in [6, 6.07) is 9.53. The fourth-order valence-electron chi connectivity index (χ4n) is 5.15. The number of rotatable bonds is 10. The van der Waals surface area contributed by atoms with Gasteiger partial charge in [-0.15, -0.1) is 0 Å². The van der Waals surface area contributed by atoms with E-state index in [9.17, 15) is 14.7 Å². The molecule has 0 bridgehead atoms. The number of likely N-dealkylation sites (tertiary alicyclic amines) is 1. The second-order valence-electron chi connectivity index (χ2n) is 9.46. The minimum absolute atomic E-state index is 0.0480. The zero-order valence-electron chi connectivity index (χ0n) is 22.5. The van der Waals surface area contributed by atoms with Crippen molar-refractivity contribution in [1.82, 2.24) is 4.90 Å². The van der Waals surface area contributed by atoms with Crippen molar-refractivity contribution in [3.05, 3.63) is 58.7 Å². The Morgan fingerprint density at radius 1 is 1.08 bits per heavy atom. The second-order valence-corrected chi connectivity index (χ2v) is 9.46. The number of morpholine rings is 1. The number of ether oxygens (including phenoxy) is 4. The summed E-state index contributed by atoms with van der Waals surface area (Å²) in [6.07, 6.45) is 0.696. The summed E-state index contributed by atoms with van der Waals surface area (Å²) < 4.78 is 21.9. The molecule has 1 atom stereocenters. The standard InChI is InChI=1S/C29H36N2O7/c1-5-38-23-10-7-20(18-24(23)36-4)26-25(27(32)22-9-8-21(35-3)17-19(22)2)28(33)29(34)31(26)12-6-11-30-13-15-37-16-14-30/h7-10,17-18,26,32H,5-6,11-16H2,1-4H3/b27-25+. The van der Waals surface area contributed by atoms with Crippen LogP contribution in [0.25, 0.3) is 5.76 Å². The Hall–Kier alpha value is -3.56. The molecule has 0 spiro atoms. The normalized spacial score (nSPS) is 19.6. The minimum atomic E-state index is -0.826. The molecular formula is C29H36N2O7. The maximum atomic E-state index is 13.8. The number of carbonyl (C=O) groups excluding carboxylic acids is 2. The molecule has 2 aliphatic rings. The van der Waals surface area contributed by atoms with Crippen LogP contribution in [0.15, 0.2) is 42.0 Å². The monoisotopic (exact) mass is 524 g/mol. The molecule has 0 saturated carbocycles. The molecule has 38 heavy (non-hydrogen) atoms. The van der Waals surface area contributed by atoms with Crippen molar-refractivity contribution in [2.24, 2.45) is 0 Å². The fourth-order valence-corrected chi connectivity index (χ4v) is 5.15. The van der Waals surface area contributed by atoms with E-state index in [1.165, 1.54) is 16.9 Å². The van der Waals surface area contributed by atoms with Crippen molar-refractivity contribution in [3.8, 4) is 17.2 Å². The molecule has 204 valence electrons. The zero-order chi connectivity index (χ0) is 27.2. The van der Waals surface area contributed by atoms with Gasteiger partial charge in [0.2, 0.25) is 5.78 Å². The topological polar surface area (TPSA) is 102 Å². The summed E-state index contributed by atoms with van der Waals surface area (Å²) in [6.45, 7) is 8.60. The molecule has 2 saturated heterocycles. The molecule has 9 nitrogen and oxygen atoms in total. The third kappa shape index (κ3) is 5.63. The van der Waals surface area contributed by atoms with Gasteiger partial charge in [-0.05, 0) is 54.8 Å². The van der Waals surface area contributed by atoms with Gasteiger partial charge in [-0.25, -0.2) is 0 Å². The van der Waals surface area contributed by atoms with Crippen molar-refractivity contribution >= 4 is 17.4 Å². The predicted molar refractivity (Wildman–Crippen MR) is 139 cm³/mol. The van der Waals surface area contributed by atoms with E-state index >= 15 is 0 Å². The molecule has 0 aliphatic carbocycles. The number of hydrogen-bond donors (Lipinski definition) is 1. The second kappa shape index (κ2) is 12.3. The lowest BCUT2D eigenvalue weighted by Gasteiger charge is -2.29. The lowest BCUT2D eigenvalue weighted by molar-refractivity contribution is -0.908. The molecule has 1 amide bonds. The van der Waals surface area contributed by atoms with E-state index in [0.717, 1.165) is 32.8 Å². The number of nitrogens with one attached hydrogen (secondary N) is 1. The smallest absolute Gasteiger partial charge is 0.295 e. The first-order valence-electron chi connectivity index (χ1n) is 13.0. The number of benzene rings is 2. The largest absolute Gasteiger partial charge is 0.872 e. The number of carbonyl (C=O) groups is 2. The van der Waals surface area contributed by atoms with Crippen molar-refractivity contribution < 1.29 is 38.5 Å². The van der Waals surface area contributed by atoms with Crippen molar-refractivity contribution in [3.63, 3.8) is 0 Å². The van der Waals surface area contributed by atoms with Gasteiger partial charge < -0.3 is 33.9 Å². The van der Waals surface area contributed by atoms with Crippen molar-refractivity contribution in [2.45, 2.75) is 26.3 Å². The number of Topliss-reactive ketones (excluding diaryl/α,β-unsaturated/α-hetero) is 1. The highest BCUT2D eigenvalue weighted by Crippen LogP contribution is 2.42. The molecule has 1 N–H and O–H groups in total. The predicted octanol–water partition coefficient (Wildman–Crippen LogP) is 0.940. The average molecular weight is 525 g/mol. The number of nitrogens with zero attached hydrogens (tertiary/aromatic N) is 1. The van der Waals surface area contributed by atoms with Crippen LogP contribution in [0, 0.1) is 6.92 Å². The highest BCUT2D eigenvalue weighted by atomic mass is 16.5. The van der Waals surface area contributed by atoms with Crippen LogP contribution in [0.1, 0.15) is 36.1 Å². The fraction of sp³-hybridized carbons (Fsp3) is 0.448. The van der Waals surface area contributed by atoms with Crippen LogP contribution in [0.5, 0.6) is 17.2 Å². The van der Waals surface area contributed by atoms with Crippen molar-refractivity contribution in [1.29, 1.82) is 0 Å². The molecule has 2 aromatic rings. The van der Waals surface area contributed by atoms with Crippen LogP contribution in [0.4, 0.5) is 0 Å². The first-order valence-corrected chi connectivity index (χ1v) is 13.0. The van der Waals surface area contributed by atoms with Crippen LogP contribution < -0.4 is 24.2 Å². The van der Waals surface area contributed by atoms with Gasteiger partial charge in [0.15, 0.2) is 11.5 Å². The number of aryl methyl sites for hydroxylation is 1. The van der Waals surface area contributed by atoms with Crippen LogP contribution >= 0.6 is 0 Å². The maximum Gasteiger partial charge on any atom is 0.295 e. The first kappa shape index (κ1) is 27.5. The van der Waals surface area contributed by atoms with Gasteiger partial charge >= 0.3 is 0 Å². The Morgan fingerprint density at radius 2 is 1.84 bits per heavy atom. The Labute approximate surface area is 223 Å². The Bertz CT molecular complexity index is 1200. The van der Waals surface area contributed by atoms with E-state index < -0.39 is 23.5 Å². The maximum absolute atomic E-state index is 13.8. The summed E-state index contributed by atoms with van der Waals surface area (Å²) in [7, 11) is 3.09. The number of amides is 1. The van der Waals surface area contributed by atoms with Gasteiger partial charge in [0.05, 0.1) is 46.6 Å². The number of ketones is 1. The number of methoxy groups -OCH3 is 2. The van der Waals surface area contributed by atoms with E-state index in [0.29, 0.717) is 53.5 Å². The van der Waals surface area contributed by atoms with E-state index in [1.807, 2.05) is 6.92 Å². The van der Waals surface area contributed by atoms with E-state index in [1.54, 1.807) is 50.4 Å². The zero-order valence-corrected chi connectivity index (χ0v) is 22.5. The summed E-state index contributed by atoms with van der Waals surface area (Å²) in [5.74, 6) is -0.242. The third-order valence-corrected chi connectivity index (χ3v) is 7.14. The van der Waals surface area contributed by atoms with Gasteiger partial charge in [-0.1, -0.05) is 17.9 Å². The highest BCUT2D eigenvalue weighted by molar-refractivity contribution is 6.46. The summed E-state index contributed by atoms with van der Waals surface area (Å²) in [5.41, 5.74) is 1.61. The number of quaternary nitrogens is 1.